The molecule has 4 nitrogen and oxygen atoms in total. The monoisotopic (exact) mass is 611 g/mol. The van der Waals surface area contributed by atoms with Crippen molar-refractivity contribution in [1.82, 2.24) is 0 Å². The molecule has 0 spiro atoms. The highest BCUT2D eigenvalue weighted by molar-refractivity contribution is 14.1. The lowest BCUT2D eigenvalue weighted by Crippen LogP contribution is -2.27. The second kappa shape index (κ2) is 10.4. The fourth-order valence-corrected chi connectivity index (χ4v) is 5.46. The van der Waals surface area contributed by atoms with Crippen molar-refractivity contribution >= 4 is 80.2 Å². The predicted octanol–water partition coefficient (Wildman–Crippen LogP) is 7.08. The number of thioether (sulfide) groups is 1. The summed E-state index contributed by atoms with van der Waals surface area (Å²) in [7, 11) is 1.56. The Morgan fingerprint density at radius 1 is 1.18 bits per heavy atom. The Labute approximate surface area is 218 Å². The normalized spacial score (nSPS) is 14.8. The van der Waals surface area contributed by atoms with Crippen molar-refractivity contribution in [3.8, 4) is 11.5 Å². The van der Waals surface area contributed by atoms with E-state index in [4.69, 9.17) is 33.3 Å². The summed E-state index contributed by atoms with van der Waals surface area (Å²) in [5.41, 5.74) is 2.01. The minimum Gasteiger partial charge on any atom is -0.493 e. The van der Waals surface area contributed by atoms with Gasteiger partial charge in [0.1, 0.15) is 12.4 Å². The van der Waals surface area contributed by atoms with E-state index in [1.165, 1.54) is 28.8 Å². The molecule has 0 aliphatic carbocycles. The molecule has 168 valence electrons. The van der Waals surface area contributed by atoms with Crippen molar-refractivity contribution in [2.24, 2.45) is 0 Å². The van der Waals surface area contributed by atoms with E-state index in [1.807, 2.05) is 30.3 Å². The Morgan fingerprint density at radius 2 is 1.97 bits per heavy atom. The fourth-order valence-electron chi connectivity index (χ4n) is 3.19. The molecule has 0 aromatic heterocycles. The lowest BCUT2D eigenvalue weighted by Gasteiger charge is -2.15. The number of hydrogen-bond donors (Lipinski definition) is 0. The molecule has 9 heteroatoms. The third-order valence-electron chi connectivity index (χ3n) is 4.74. The van der Waals surface area contributed by atoms with Crippen molar-refractivity contribution in [3.05, 3.63) is 91.1 Å². The summed E-state index contributed by atoms with van der Waals surface area (Å²) >= 11 is 14.9. The lowest BCUT2D eigenvalue weighted by molar-refractivity contribution is -0.113. The number of halogens is 3. The van der Waals surface area contributed by atoms with E-state index in [-0.39, 0.29) is 12.5 Å². The van der Waals surface area contributed by atoms with Crippen LogP contribution in [-0.4, -0.2) is 17.3 Å². The van der Waals surface area contributed by atoms with Gasteiger partial charge in [0.2, 0.25) is 0 Å². The molecule has 1 heterocycles. The van der Waals surface area contributed by atoms with Gasteiger partial charge < -0.3 is 9.47 Å². The van der Waals surface area contributed by atoms with Crippen molar-refractivity contribution in [3.63, 3.8) is 0 Å². The predicted molar refractivity (Wildman–Crippen MR) is 144 cm³/mol. The molecule has 0 saturated carbocycles. The molecule has 0 unspecified atom stereocenters. The molecule has 0 N–H and O–H groups in total. The van der Waals surface area contributed by atoms with Gasteiger partial charge in [0.05, 0.1) is 21.3 Å². The zero-order chi connectivity index (χ0) is 23.5. The summed E-state index contributed by atoms with van der Waals surface area (Å²) in [6.45, 7) is 0.289. The van der Waals surface area contributed by atoms with Crippen LogP contribution in [0, 0.1) is 9.39 Å². The first-order valence-corrected chi connectivity index (χ1v) is 12.3. The Hall–Kier alpha value is -2.14. The molecule has 0 radical (unpaired) electrons. The van der Waals surface area contributed by atoms with E-state index in [1.54, 1.807) is 31.4 Å². The maximum absolute atomic E-state index is 13.6. The summed E-state index contributed by atoms with van der Waals surface area (Å²) < 4.78 is 26.3. The topological polar surface area (TPSA) is 38.8 Å². The number of hydrogen-bond acceptors (Lipinski definition) is 5. The number of rotatable bonds is 6. The van der Waals surface area contributed by atoms with Gasteiger partial charge in [0.25, 0.3) is 5.91 Å². The quantitative estimate of drug-likeness (QED) is 0.169. The molecule has 1 saturated heterocycles. The Bertz CT molecular complexity index is 1280. The Morgan fingerprint density at radius 3 is 2.70 bits per heavy atom. The van der Waals surface area contributed by atoms with Crippen LogP contribution in [0.5, 0.6) is 11.5 Å². The third kappa shape index (κ3) is 5.34. The van der Waals surface area contributed by atoms with Gasteiger partial charge in [-0.1, -0.05) is 59.8 Å². The van der Waals surface area contributed by atoms with Crippen LogP contribution in [-0.2, 0) is 11.4 Å². The van der Waals surface area contributed by atoms with E-state index in [0.29, 0.717) is 31.4 Å². The van der Waals surface area contributed by atoms with Gasteiger partial charge in [-0.25, -0.2) is 4.39 Å². The number of carbonyl (C=O) groups is 1. The highest BCUT2D eigenvalue weighted by Crippen LogP contribution is 2.39. The molecule has 1 fully saturated rings. The number of amides is 1. The first kappa shape index (κ1) is 24.0. The molecule has 1 aliphatic heterocycles. The van der Waals surface area contributed by atoms with Gasteiger partial charge in [-0.2, -0.15) is 0 Å². The Balaban J connectivity index is 1.59. The van der Waals surface area contributed by atoms with Crippen LogP contribution >= 0.6 is 58.2 Å². The number of carbonyl (C=O) groups excluding carboxylic acids is 1. The van der Waals surface area contributed by atoms with Crippen LogP contribution in [0.15, 0.2) is 65.6 Å². The molecule has 33 heavy (non-hydrogen) atoms. The molecule has 3 aromatic rings. The first-order valence-electron chi connectivity index (χ1n) is 9.64. The fraction of sp³-hybridized carbons (Fsp3) is 0.0833. The van der Waals surface area contributed by atoms with E-state index < -0.39 is 5.82 Å². The highest BCUT2D eigenvalue weighted by atomic mass is 127. The van der Waals surface area contributed by atoms with E-state index in [9.17, 15) is 9.18 Å². The average Bonchev–Trinajstić information content (AvgIpc) is 3.06. The molecule has 1 aliphatic rings. The number of methoxy groups -OCH3 is 1. The zero-order valence-electron chi connectivity index (χ0n) is 17.2. The second-order valence-corrected chi connectivity index (χ2v) is 10.2. The molecule has 0 atom stereocenters. The van der Waals surface area contributed by atoms with Crippen molar-refractivity contribution in [1.29, 1.82) is 0 Å². The van der Waals surface area contributed by atoms with Gasteiger partial charge in [-0.05, 0) is 70.6 Å². The highest BCUT2D eigenvalue weighted by Gasteiger charge is 2.33. The van der Waals surface area contributed by atoms with Crippen LogP contribution in [0.3, 0.4) is 0 Å². The Kier molecular flexibility index (Phi) is 7.58. The van der Waals surface area contributed by atoms with E-state index >= 15 is 0 Å². The van der Waals surface area contributed by atoms with E-state index in [0.717, 1.165) is 14.7 Å². The number of ether oxygens (including phenoxy) is 2. The molecule has 4 rings (SSSR count). The molecule has 0 bridgehead atoms. The minimum atomic E-state index is -0.433. The maximum Gasteiger partial charge on any atom is 0.270 e. The maximum atomic E-state index is 13.6. The van der Waals surface area contributed by atoms with Crippen LogP contribution in [0.4, 0.5) is 10.1 Å². The SMILES string of the molecule is COc1cc(/C=C2\SC(=S)N(c3cccc(F)c3)C2=O)cc(I)c1OCc1ccccc1Cl. The van der Waals surface area contributed by atoms with Gasteiger partial charge in [0.15, 0.2) is 15.8 Å². The second-order valence-electron chi connectivity index (χ2n) is 6.91. The summed E-state index contributed by atoms with van der Waals surface area (Å²) in [5, 5.41) is 0.628. The lowest BCUT2D eigenvalue weighted by atomic mass is 10.1. The zero-order valence-corrected chi connectivity index (χ0v) is 21.7. The first-order chi connectivity index (χ1) is 15.9. The summed E-state index contributed by atoms with van der Waals surface area (Å²) in [4.78, 5) is 14.8. The number of thiocarbonyl (C=S) groups is 1. The number of benzene rings is 3. The van der Waals surface area contributed by atoms with Crippen molar-refractivity contribution in [2.45, 2.75) is 6.61 Å². The van der Waals surface area contributed by atoms with Gasteiger partial charge >= 0.3 is 0 Å². The standard InChI is InChI=1S/C24H16ClFINO3S2/c1-30-20-10-14(9-19(27)22(20)31-13-15-5-2-3-8-18(15)25)11-21-23(29)28(24(32)33-21)17-7-4-6-16(26)12-17/h2-12H,13H2,1H3/b21-11-. The number of anilines is 1. The third-order valence-corrected chi connectivity index (χ3v) is 7.21. The van der Waals surface area contributed by atoms with Crippen LogP contribution < -0.4 is 14.4 Å². The van der Waals surface area contributed by atoms with Crippen LogP contribution in [0.2, 0.25) is 5.02 Å². The summed E-state index contributed by atoms with van der Waals surface area (Å²) in [6.07, 6.45) is 1.74. The molecule has 1 amide bonds. The molecule has 3 aromatic carbocycles. The summed E-state index contributed by atoms with van der Waals surface area (Å²) in [6, 6.07) is 16.9. The summed E-state index contributed by atoms with van der Waals surface area (Å²) in [5.74, 6) is 0.379. The van der Waals surface area contributed by atoms with Crippen molar-refractivity contribution in [2.75, 3.05) is 12.0 Å². The minimum absolute atomic E-state index is 0.289. The van der Waals surface area contributed by atoms with Gasteiger partial charge in [0, 0.05) is 10.6 Å². The molecular weight excluding hydrogens is 596 g/mol. The van der Waals surface area contributed by atoms with Crippen LogP contribution in [0.25, 0.3) is 6.08 Å². The van der Waals surface area contributed by atoms with Gasteiger partial charge in [-0.3, -0.25) is 9.69 Å². The van der Waals surface area contributed by atoms with Crippen molar-refractivity contribution < 1.29 is 18.7 Å². The smallest absolute Gasteiger partial charge is 0.270 e. The van der Waals surface area contributed by atoms with Crippen LogP contribution in [0.1, 0.15) is 11.1 Å². The average molecular weight is 612 g/mol. The number of nitrogens with zero attached hydrogens (tertiary/aromatic N) is 1. The largest absolute Gasteiger partial charge is 0.493 e. The van der Waals surface area contributed by atoms with E-state index in [2.05, 4.69) is 22.6 Å². The molecular formula is C24H16ClFINO3S2. The van der Waals surface area contributed by atoms with Gasteiger partial charge in [-0.15, -0.1) is 0 Å².